The number of benzene rings is 1. The van der Waals surface area contributed by atoms with E-state index in [1.54, 1.807) is 0 Å². The molecule has 0 aliphatic carbocycles. The van der Waals surface area contributed by atoms with Crippen LogP contribution in [0.25, 0.3) is 0 Å². The summed E-state index contributed by atoms with van der Waals surface area (Å²) in [6.07, 6.45) is 1.78. The quantitative estimate of drug-likeness (QED) is 0.637. The molecular weight excluding hydrogens is 280 g/mol. The first-order chi connectivity index (χ1) is 9.36. The molecule has 0 fully saturated rings. The molecule has 1 aromatic heterocycles. The van der Waals surface area contributed by atoms with Crippen molar-refractivity contribution >= 4 is 12.4 Å². The van der Waals surface area contributed by atoms with Gasteiger partial charge in [0.2, 0.25) is 0 Å². The third-order valence-corrected chi connectivity index (χ3v) is 2.52. The van der Waals surface area contributed by atoms with Crippen molar-refractivity contribution < 1.29 is 26.5 Å². The van der Waals surface area contributed by atoms with Crippen LogP contribution in [0.3, 0.4) is 0 Å². The highest BCUT2D eigenvalue weighted by Gasteiger charge is 2.26. The van der Waals surface area contributed by atoms with Crippen molar-refractivity contribution in [2.45, 2.75) is 6.61 Å². The molecule has 1 aromatic carbocycles. The van der Waals surface area contributed by atoms with Crippen molar-refractivity contribution in [1.29, 1.82) is 0 Å². The number of hydrogen-bond acceptors (Lipinski definition) is 2. The maximum Gasteiger partial charge on any atom is 0.511 e. The summed E-state index contributed by atoms with van der Waals surface area (Å²) in [7, 11) is 0. The Balaban J connectivity index is 2.11. The van der Waals surface area contributed by atoms with Crippen LogP contribution in [0, 0.1) is 11.6 Å². The summed E-state index contributed by atoms with van der Waals surface area (Å²) in [5, 5.41) is 0. The van der Waals surface area contributed by atoms with Gasteiger partial charge >= 0.3 is 6.98 Å². The van der Waals surface area contributed by atoms with Gasteiger partial charge in [0.25, 0.3) is 0 Å². The Hall–Kier alpha value is -2.12. The largest absolute Gasteiger partial charge is 0.511 e. The summed E-state index contributed by atoms with van der Waals surface area (Å²) in [4.78, 5) is 3.42. The van der Waals surface area contributed by atoms with Crippen LogP contribution in [0.2, 0.25) is 0 Å². The van der Waals surface area contributed by atoms with Crippen LogP contribution >= 0.6 is 0 Å². The maximum atomic E-state index is 13.3. The fraction of sp³-hybridized carbons (Fsp3) is 0.0833. The number of pyridine rings is 1. The normalized spacial score (nSPS) is 11.4. The highest BCUT2D eigenvalue weighted by Crippen LogP contribution is 2.16. The van der Waals surface area contributed by atoms with Crippen LogP contribution in [-0.4, -0.2) is 12.0 Å². The van der Waals surface area contributed by atoms with Gasteiger partial charge in [0.15, 0.2) is 0 Å². The van der Waals surface area contributed by atoms with E-state index in [-0.39, 0.29) is 17.9 Å². The van der Waals surface area contributed by atoms with Gasteiger partial charge in [-0.3, -0.25) is 4.98 Å². The molecule has 0 radical (unpaired) electrons. The minimum absolute atomic E-state index is 0.0364. The van der Waals surface area contributed by atoms with Gasteiger partial charge in [0.05, 0.1) is 6.20 Å². The highest BCUT2D eigenvalue weighted by molar-refractivity contribution is 6.73. The van der Waals surface area contributed by atoms with E-state index < -0.39 is 24.1 Å². The van der Waals surface area contributed by atoms with Crippen LogP contribution in [-0.2, 0) is 6.61 Å². The average Bonchev–Trinajstić information content (AvgIpc) is 2.37. The maximum absolute atomic E-state index is 13.3. The smallest absolute Gasteiger partial charge is 0.487 e. The molecule has 0 aliphatic heterocycles. The molecule has 0 spiro atoms. The summed E-state index contributed by atoms with van der Waals surface area (Å²) >= 11 is 0. The number of halogens is 5. The van der Waals surface area contributed by atoms with E-state index in [2.05, 4.69) is 4.98 Å². The monoisotopic (exact) mass is 288 g/mol. The Morgan fingerprint density at radius 3 is 2.45 bits per heavy atom. The molecule has 0 atom stereocenters. The van der Waals surface area contributed by atoms with Gasteiger partial charge in [0, 0.05) is 17.8 Å². The van der Waals surface area contributed by atoms with E-state index in [0.29, 0.717) is 12.3 Å². The second kappa shape index (κ2) is 5.48. The number of aromatic nitrogens is 1. The minimum Gasteiger partial charge on any atom is -0.487 e. The molecule has 0 bridgehead atoms. The van der Waals surface area contributed by atoms with Crippen molar-refractivity contribution in [1.82, 2.24) is 4.98 Å². The Labute approximate surface area is 111 Å². The molecule has 0 saturated carbocycles. The molecule has 2 rings (SSSR count). The third kappa shape index (κ3) is 3.46. The van der Waals surface area contributed by atoms with E-state index in [4.69, 9.17) is 4.74 Å². The molecule has 20 heavy (non-hydrogen) atoms. The Morgan fingerprint density at radius 1 is 1.05 bits per heavy atom. The van der Waals surface area contributed by atoms with Crippen molar-refractivity contribution in [2.24, 2.45) is 0 Å². The van der Waals surface area contributed by atoms with E-state index in [1.165, 1.54) is 0 Å². The minimum atomic E-state index is -5.17. The lowest BCUT2D eigenvalue weighted by Gasteiger charge is -2.15. The lowest BCUT2D eigenvalue weighted by atomic mass is 9.81. The summed E-state index contributed by atoms with van der Waals surface area (Å²) < 4.78 is 68.5. The predicted molar refractivity (Wildman–Crippen MR) is 63.6 cm³/mol. The standard InChI is InChI=1S/C12H8BF5NO/c14-10-2-1-8(12(15)4-10)7-20-11-3-9(5-19-6-11)13(16,17)18/h1-6H,7H2/q-1. The predicted octanol–water partition coefficient (Wildman–Crippen LogP) is 2.99. The average molecular weight is 288 g/mol. The zero-order chi connectivity index (χ0) is 14.8. The summed E-state index contributed by atoms with van der Waals surface area (Å²) in [6.45, 7) is -5.49. The molecular formula is C12H8BF5NO-. The fourth-order valence-electron chi connectivity index (χ4n) is 1.49. The van der Waals surface area contributed by atoms with E-state index in [1.807, 2.05) is 0 Å². The van der Waals surface area contributed by atoms with Gasteiger partial charge in [-0.05, 0) is 18.2 Å². The van der Waals surface area contributed by atoms with Gasteiger partial charge < -0.3 is 17.7 Å². The van der Waals surface area contributed by atoms with Gasteiger partial charge in [-0.25, -0.2) is 8.78 Å². The highest BCUT2D eigenvalue weighted by atomic mass is 19.4. The van der Waals surface area contributed by atoms with E-state index in [9.17, 15) is 21.7 Å². The van der Waals surface area contributed by atoms with Crippen LogP contribution in [0.5, 0.6) is 5.75 Å². The lowest BCUT2D eigenvalue weighted by molar-refractivity contribution is 0.298. The van der Waals surface area contributed by atoms with E-state index in [0.717, 1.165) is 24.4 Å². The van der Waals surface area contributed by atoms with Gasteiger partial charge in [0.1, 0.15) is 24.0 Å². The molecule has 2 nitrogen and oxygen atoms in total. The van der Waals surface area contributed by atoms with Crippen LogP contribution < -0.4 is 10.2 Å². The second-order valence-corrected chi connectivity index (χ2v) is 4.05. The molecule has 8 heteroatoms. The molecule has 0 saturated heterocycles. The summed E-state index contributed by atoms with van der Waals surface area (Å²) in [5.41, 5.74) is -0.864. The van der Waals surface area contributed by atoms with Crippen LogP contribution in [0.1, 0.15) is 5.56 Å². The molecule has 0 N–H and O–H groups in total. The third-order valence-electron chi connectivity index (χ3n) is 2.52. The summed E-state index contributed by atoms with van der Waals surface area (Å²) in [6, 6.07) is 3.66. The zero-order valence-corrected chi connectivity index (χ0v) is 9.99. The van der Waals surface area contributed by atoms with Crippen molar-refractivity contribution in [3.05, 3.63) is 53.9 Å². The second-order valence-electron chi connectivity index (χ2n) is 4.05. The molecule has 0 amide bonds. The Morgan fingerprint density at radius 2 is 1.80 bits per heavy atom. The number of hydrogen-bond donors (Lipinski definition) is 0. The van der Waals surface area contributed by atoms with Gasteiger partial charge in [-0.15, -0.1) is 0 Å². The number of rotatable bonds is 4. The molecule has 2 aromatic rings. The van der Waals surface area contributed by atoms with Gasteiger partial charge in [-0.2, -0.15) is 0 Å². The van der Waals surface area contributed by atoms with Crippen LogP contribution in [0.15, 0.2) is 36.7 Å². The van der Waals surface area contributed by atoms with Crippen LogP contribution in [0.4, 0.5) is 21.7 Å². The topological polar surface area (TPSA) is 22.1 Å². The molecule has 1 heterocycles. The molecule has 106 valence electrons. The first-order valence-electron chi connectivity index (χ1n) is 5.58. The fourth-order valence-corrected chi connectivity index (χ4v) is 1.49. The van der Waals surface area contributed by atoms with Crippen molar-refractivity contribution in [3.8, 4) is 5.75 Å². The van der Waals surface area contributed by atoms with Crippen molar-refractivity contribution in [3.63, 3.8) is 0 Å². The van der Waals surface area contributed by atoms with E-state index >= 15 is 0 Å². The SMILES string of the molecule is Fc1ccc(COc2cncc([B-](F)(F)F)c2)c(F)c1. The lowest BCUT2D eigenvalue weighted by Crippen LogP contribution is -2.34. The number of ether oxygens (including phenoxy) is 1. The van der Waals surface area contributed by atoms with Crippen molar-refractivity contribution in [2.75, 3.05) is 0 Å². The summed E-state index contributed by atoms with van der Waals surface area (Å²) in [5.74, 6) is -1.70. The zero-order valence-electron chi connectivity index (χ0n) is 9.99. The Kier molecular flexibility index (Phi) is 3.92. The first-order valence-corrected chi connectivity index (χ1v) is 5.58. The Bertz CT molecular complexity index is 617. The number of nitrogens with zero attached hydrogens (tertiary/aromatic N) is 1. The molecule has 0 unspecified atom stereocenters. The molecule has 0 aliphatic rings. The van der Waals surface area contributed by atoms with Gasteiger partial charge in [-0.1, -0.05) is 5.46 Å². The first kappa shape index (κ1) is 14.3.